The number of rotatable bonds is 3. The largest absolute Gasteiger partial charge is 0.494 e. The highest BCUT2D eigenvalue weighted by atomic mass is 16.5. The second kappa shape index (κ2) is 3.77. The highest BCUT2D eigenvalue weighted by molar-refractivity contribution is 5.43. The van der Waals surface area contributed by atoms with Gasteiger partial charge in [-0.15, -0.1) is 0 Å². The van der Waals surface area contributed by atoms with Crippen LogP contribution in [0.1, 0.15) is 37.8 Å². The van der Waals surface area contributed by atoms with E-state index in [1.54, 1.807) is 0 Å². The third-order valence-corrected chi connectivity index (χ3v) is 3.80. The van der Waals surface area contributed by atoms with Crippen LogP contribution in [0.5, 0.6) is 5.75 Å². The maximum absolute atomic E-state index is 6.11. The van der Waals surface area contributed by atoms with E-state index < -0.39 is 0 Å². The summed E-state index contributed by atoms with van der Waals surface area (Å²) in [6, 6.07) is 6.62. The molecule has 1 saturated carbocycles. The molecule has 1 fully saturated rings. The Labute approximate surface area is 97.8 Å². The van der Waals surface area contributed by atoms with E-state index in [1.807, 2.05) is 13.0 Å². The quantitative estimate of drug-likeness (QED) is 0.848. The van der Waals surface area contributed by atoms with Gasteiger partial charge in [0.2, 0.25) is 0 Å². The van der Waals surface area contributed by atoms with Crippen LogP contribution in [0.15, 0.2) is 18.2 Å². The van der Waals surface area contributed by atoms with Crippen LogP contribution >= 0.6 is 0 Å². The molecule has 2 nitrogen and oxygen atoms in total. The third-order valence-electron chi connectivity index (χ3n) is 3.80. The fourth-order valence-electron chi connectivity index (χ4n) is 2.53. The molecular weight excluding hydrogens is 198 g/mol. The summed E-state index contributed by atoms with van der Waals surface area (Å²) in [6.45, 7) is 9.33. The Balaban J connectivity index is 2.25. The van der Waals surface area contributed by atoms with E-state index in [1.165, 1.54) is 11.1 Å². The molecule has 0 unspecified atom stereocenters. The Kier molecular flexibility index (Phi) is 2.70. The summed E-state index contributed by atoms with van der Waals surface area (Å²) in [7, 11) is 0. The molecule has 1 aromatic rings. The van der Waals surface area contributed by atoms with Crippen LogP contribution < -0.4 is 10.5 Å². The minimum absolute atomic E-state index is 0.248. The molecule has 88 valence electrons. The predicted octanol–water partition coefficient (Wildman–Crippen LogP) is 2.84. The normalized spacial score (nSPS) is 26.6. The predicted molar refractivity (Wildman–Crippen MR) is 66.8 cm³/mol. The van der Waals surface area contributed by atoms with E-state index in [9.17, 15) is 0 Å². The van der Waals surface area contributed by atoms with Crippen LogP contribution in [-0.2, 0) is 0 Å². The van der Waals surface area contributed by atoms with Crippen LogP contribution in [-0.4, -0.2) is 12.6 Å². The summed E-state index contributed by atoms with van der Waals surface area (Å²) >= 11 is 0. The summed E-state index contributed by atoms with van der Waals surface area (Å²) in [5.74, 6) is 1.46. The van der Waals surface area contributed by atoms with Crippen LogP contribution in [0.3, 0.4) is 0 Å². The second-order valence-electron chi connectivity index (χ2n) is 5.28. The molecule has 2 N–H and O–H groups in total. The Bertz CT molecular complexity index is 398. The molecule has 1 aliphatic carbocycles. The van der Waals surface area contributed by atoms with Crippen molar-refractivity contribution in [3.8, 4) is 5.75 Å². The highest BCUT2D eigenvalue weighted by Gasteiger charge is 2.56. The van der Waals surface area contributed by atoms with Crippen molar-refractivity contribution >= 4 is 0 Å². The molecule has 0 amide bonds. The van der Waals surface area contributed by atoms with Crippen molar-refractivity contribution in [3.63, 3.8) is 0 Å². The van der Waals surface area contributed by atoms with Gasteiger partial charge >= 0.3 is 0 Å². The molecule has 0 radical (unpaired) electrons. The third kappa shape index (κ3) is 1.71. The van der Waals surface area contributed by atoms with E-state index >= 15 is 0 Å². The molecule has 0 aromatic heterocycles. The van der Waals surface area contributed by atoms with Gasteiger partial charge in [-0.25, -0.2) is 0 Å². The van der Waals surface area contributed by atoms with E-state index in [-0.39, 0.29) is 5.41 Å². The lowest BCUT2D eigenvalue weighted by molar-refractivity contribution is 0.340. The summed E-state index contributed by atoms with van der Waals surface area (Å²) in [5, 5.41) is 0. The van der Waals surface area contributed by atoms with Crippen molar-refractivity contribution in [1.82, 2.24) is 0 Å². The van der Waals surface area contributed by atoms with E-state index in [0.717, 1.165) is 5.75 Å². The van der Waals surface area contributed by atoms with Gasteiger partial charge in [0.15, 0.2) is 0 Å². The summed E-state index contributed by atoms with van der Waals surface area (Å²) in [6.07, 6.45) is 0. The highest BCUT2D eigenvalue weighted by Crippen LogP contribution is 2.58. The summed E-state index contributed by atoms with van der Waals surface area (Å²) in [5.41, 5.74) is 9.02. The molecule has 0 spiro atoms. The molecule has 0 saturated heterocycles. The second-order valence-corrected chi connectivity index (χ2v) is 5.28. The molecule has 0 bridgehead atoms. The molecule has 16 heavy (non-hydrogen) atoms. The standard InChI is InChI=1S/C14H21NO/c1-5-16-10-6-7-11(9(2)8-10)12-13(15)14(12,3)4/h6-8,12-13H,5,15H2,1-4H3/t12-,13-/m1/s1. The Morgan fingerprint density at radius 2 is 2.00 bits per heavy atom. The van der Waals surface area contributed by atoms with Gasteiger partial charge in [-0.05, 0) is 42.5 Å². The SMILES string of the molecule is CCOc1ccc([C@@H]2[C@@H](N)C2(C)C)c(C)c1. The maximum Gasteiger partial charge on any atom is 0.119 e. The van der Waals surface area contributed by atoms with Gasteiger partial charge in [-0.1, -0.05) is 19.9 Å². The van der Waals surface area contributed by atoms with E-state index in [2.05, 4.69) is 32.9 Å². The van der Waals surface area contributed by atoms with Crippen LogP contribution in [0.25, 0.3) is 0 Å². The van der Waals surface area contributed by atoms with Gasteiger partial charge in [-0.3, -0.25) is 0 Å². The van der Waals surface area contributed by atoms with Gasteiger partial charge < -0.3 is 10.5 Å². The molecule has 1 aromatic carbocycles. The average Bonchev–Trinajstić information content (AvgIpc) is 2.68. The van der Waals surface area contributed by atoms with Gasteiger partial charge in [0.05, 0.1) is 6.61 Å². The van der Waals surface area contributed by atoms with Crippen molar-refractivity contribution in [2.24, 2.45) is 11.1 Å². The van der Waals surface area contributed by atoms with Crippen molar-refractivity contribution in [2.45, 2.75) is 39.7 Å². The zero-order chi connectivity index (χ0) is 11.9. The van der Waals surface area contributed by atoms with Crippen molar-refractivity contribution in [1.29, 1.82) is 0 Å². The lowest BCUT2D eigenvalue weighted by Crippen LogP contribution is -2.06. The Hall–Kier alpha value is -1.02. The lowest BCUT2D eigenvalue weighted by Gasteiger charge is -2.10. The van der Waals surface area contributed by atoms with Crippen LogP contribution in [0, 0.1) is 12.3 Å². The van der Waals surface area contributed by atoms with Gasteiger partial charge in [0.1, 0.15) is 5.75 Å². The number of ether oxygens (including phenoxy) is 1. The molecule has 0 aliphatic heterocycles. The van der Waals surface area contributed by atoms with Gasteiger partial charge in [0, 0.05) is 12.0 Å². The first kappa shape index (κ1) is 11.5. The van der Waals surface area contributed by atoms with Gasteiger partial charge in [-0.2, -0.15) is 0 Å². The number of nitrogens with two attached hydrogens (primary N) is 1. The van der Waals surface area contributed by atoms with Crippen LogP contribution in [0.4, 0.5) is 0 Å². The topological polar surface area (TPSA) is 35.2 Å². The zero-order valence-electron chi connectivity index (χ0n) is 10.6. The first-order chi connectivity index (χ1) is 7.48. The first-order valence-corrected chi connectivity index (χ1v) is 5.97. The molecule has 2 heteroatoms. The van der Waals surface area contributed by atoms with Crippen molar-refractivity contribution in [2.75, 3.05) is 6.61 Å². The number of benzene rings is 1. The minimum Gasteiger partial charge on any atom is -0.494 e. The van der Waals surface area contributed by atoms with Crippen LogP contribution in [0.2, 0.25) is 0 Å². The zero-order valence-corrected chi connectivity index (χ0v) is 10.6. The fourth-order valence-corrected chi connectivity index (χ4v) is 2.53. The maximum atomic E-state index is 6.11. The summed E-state index contributed by atoms with van der Waals surface area (Å²) < 4.78 is 5.49. The molecule has 1 aliphatic rings. The van der Waals surface area contributed by atoms with E-state index in [0.29, 0.717) is 18.6 Å². The monoisotopic (exact) mass is 219 g/mol. The van der Waals surface area contributed by atoms with Crippen molar-refractivity contribution in [3.05, 3.63) is 29.3 Å². The first-order valence-electron chi connectivity index (χ1n) is 5.97. The van der Waals surface area contributed by atoms with Crippen molar-refractivity contribution < 1.29 is 4.74 Å². The molecular formula is C14H21NO. The lowest BCUT2D eigenvalue weighted by atomic mass is 9.99. The smallest absolute Gasteiger partial charge is 0.119 e. The Morgan fingerprint density at radius 1 is 1.38 bits per heavy atom. The number of hydrogen-bond acceptors (Lipinski definition) is 2. The molecule has 0 heterocycles. The average molecular weight is 219 g/mol. The number of hydrogen-bond donors (Lipinski definition) is 1. The minimum atomic E-state index is 0.248. The summed E-state index contributed by atoms with van der Waals surface area (Å²) in [4.78, 5) is 0. The number of aryl methyl sites for hydroxylation is 1. The molecule has 2 atom stereocenters. The fraction of sp³-hybridized carbons (Fsp3) is 0.571. The van der Waals surface area contributed by atoms with Gasteiger partial charge in [0.25, 0.3) is 0 Å². The molecule has 2 rings (SSSR count). The Morgan fingerprint density at radius 3 is 2.44 bits per heavy atom. The van der Waals surface area contributed by atoms with E-state index in [4.69, 9.17) is 10.5 Å².